The second-order valence-electron chi connectivity index (χ2n) is 9.98. The summed E-state index contributed by atoms with van der Waals surface area (Å²) in [6.45, 7) is 5.46. The topological polar surface area (TPSA) is 125 Å². The minimum atomic E-state index is -3.24. The number of carbonyl (C=O) groups is 1. The lowest BCUT2D eigenvalue weighted by Gasteiger charge is -2.34. The van der Waals surface area contributed by atoms with Gasteiger partial charge in [-0.05, 0) is 45.0 Å². The van der Waals surface area contributed by atoms with E-state index < -0.39 is 27.3 Å². The van der Waals surface area contributed by atoms with Crippen molar-refractivity contribution >= 4 is 43.2 Å². The van der Waals surface area contributed by atoms with E-state index in [1.165, 1.54) is 28.4 Å². The van der Waals surface area contributed by atoms with Crippen molar-refractivity contribution in [1.82, 2.24) is 14.9 Å². The number of ether oxygens (including phenoxy) is 2. The number of rotatable bonds is 8. The van der Waals surface area contributed by atoms with Crippen molar-refractivity contribution in [2.45, 2.75) is 32.9 Å². The molecule has 0 fully saturated rings. The first-order valence-corrected chi connectivity index (χ1v) is 14.9. The molecule has 0 spiro atoms. The third kappa shape index (κ3) is 7.21. The molecule has 39 heavy (non-hydrogen) atoms. The number of hydrogen-bond acceptors (Lipinski definition) is 9. The first kappa shape index (κ1) is 28.2. The standard InChI is InChI=1S/C27H29FN4O5S2/c1-27(2,3)32(11-12-39(4,34)35)26(33)36-16-17-5-7-20(31-15-17)24-14-21-25(38-24)23(9-10-30-21)37-22-8-6-18(29)13-19(22)28/h5-10,13-15H,11-12,16,29H2,1-4H3. The minimum Gasteiger partial charge on any atom is -0.453 e. The maximum atomic E-state index is 14.3. The molecule has 0 saturated heterocycles. The average Bonchev–Trinajstić information content (AvgIpc) is 3.29. The van der Waals surface area contributed by atoms with Gasteiger partial charge in [-0.2, -0.15) is 0 Å². The van der Waals surface area contributed by atoms with Crippen LogP contribution in [0, 0.1) is 5.82 Å². The normalized spacial score (nSPS) is 11.9. The number of thiophene rings is 1. The summed E-state index contributed by atoms with van der Waals surface area (Å²) < 4.78 is 49.4. The Kier molecular flexibility index (Phi) is 8.07. The molecular formula is C27H29FN4O5S2. The first-order chi connectivity index (χ1) is 18.3. The molecule has 4 aromatic rings. The summed E-state index contributed by atoms with van der Waals surface area (Å²) in [5.74, 6) is -0.190. The maximum absolute atomic E-state index is 14.3. The van der Waals surface area contributed by atoms with E-state index in [0.29, 0.717) is 28.2 Å². The van der Waals surface area contributed by atoms with Crippen molar-refractivity contribution < 1.29 is 27.1 Å². The SMILES string of the molecule is CC(C)(C)N(CCS(C)(=O)=O)C(=O)OCc1ccc(-c2cc3nccc(Oc4ccc(N)cc4F)c3s2)nc1. The van der Waals surface area contributed by atoms with Gasteiger partial charge < -0.3 is 20.1 Å². The fourth-order valence-electron chi connectivity index (χ4n) is 3.68. The molecule has 0 saturated carbocycles. The molecule has 0 radical (unpaired) electrons. The van der Waals surface area contributed by atoms with Crippen LogP contribution in [0.25, 0.3) is 20.8 Å². The molecule has 0 aliphatic rings. The Morgan fingerprint density at radius 1 is 1.10 bits per heavy atom. The fourth-order valence-corrected chi connectivity index (χ4v) is 5.23. The van der Waals surface area contributed by atoms with Crippen LogP contribution >= 0.6 is 11.3 Å². The second-order valence-corrected chi connectivity index (χ2v) is 13.3. The Labute approximate surface area is 230 Å². The van der Waals surface area contributed by atoms with Gasteiger partial charge in [-0.25, -0.2) is 17.6 Å². The Hall–Kier alpha value is -3.77. The van der Waals surface area contributed by atoms with Gasteiger partial charge in [-0.3, -0.25) is 9.97 Å². The van der Waals surface area contributed by atoms with E-state index in [4.69, 9.17) is 15.2 Å². The Morgan fingerprint density at radius 3 is 2.51 bits per heavy atom. The highest BCUT2D eigenvalue weighted by Gasteiger charge is 2.28. The Balaban J connectivity index is 1.46. The maximum Gasteiger partial charge on any atom is 0.410 e. The van der Waals surface area contributed by atoms with Gasteiger partial charge in [0.1, 0.15) is 22.2 Å². The molecule has 1 amide bonds. The van der Waals surface area contributed by atoms with Gasteiger partial charge in [0.05, 0.1) is 26.5 Å². The summed E-state index contributed by atoms with van der Waals surface area (Å²) in [7, 11) is -3.24. The predicted molar refractivity (Wildman–Crippen MR) is 150 cm³/mol. The summed E-state index contributed by atoms with van der Waals surface area (Å²) >= 11 is 1.41. The third-order valence-electron chi connectivity index (χ3n) is 5.71. The molecule has 0 unspecified atom stereocenters. The van der Waals surface area contributed by atoms with Crippen LogP contribution in [-0.4, -0.2) is 53.5 Å². The molecule has 3 heterocycles. The number of amides is 1. The van der Waals surface area contributed by atoms with Gasteiger partial charge in [-0.15, -0.1) is 11.3 Å². The van der Waals surface area contributed by atoms with Crippen molar-refractivity contribution in [3.05, 3.63) is 66.2 Å². The summed E-state index contributed by atoms with van der Waals surface area (Å²) in [5, 5.41) is 0. The van der Waals surface area contributed by atoms with Crippen LogP contribution in [0.4, 0.5) is 14.9 Å². The van der Waals surface area contributed by atoms with Crippen LogP contribution in [0.3, 0.4) is 0 Å². The smallest absolute Gasteiger partial charge is 0.410 e. The number of nitrogens with zero attached hydrogens (tertiary/aromatic N) is 3. The highest BCUT2D eigenvalue weighted by molar-refractivity contribution is 7.90. The highest BCUT2D eigenvalue weighted by atomic mass is 32.2. The molecule has 3 aromatic heterocycles. The van der Waals surface area contributed by atoms with Crippen molar-refractivity contribution in [2.24, 2.45) is 0 Å². The number of aromatic nitrogens is 2. The van der Waals surface area contributed by atoms with E-state index in [9.17, 15) is 17.6 Å². The lowest BCUT2D eigenvalue weighted by molar-refractivity contribution is 0.0659. The summed E-state index contributed by atoms with van der Waals surface area (Å²) in [6.07, 6.45) is 3.73. The molecule has 206 valence electrons. The summed E-state index contributed by atoms with van der Waals surface area (Å²) in [5.41, 5.74) is 7.35. The van der Waals surface area contributed by atoms with E-state index >= 15 is 0 Å². The van der Waals surface area contributed by atoms with E-state index in [0.717, 1.165) is 15.8 Å². The summed E-state index contributed by atoms with van der Waals surface area (Å²) in [4.78, 5) is 23.8. The summed E-state index contributed by atoms with van der Waals surface area (Å²) in [6, 6.07) is 11.4. The van der Waals surface area contributed by atoms with Crippen LogP contribution in [0.15, 0.2) is 54.9 Å². The predicted octanol–water partition coefficient (Wildman–Crippen LogP) is 5.65. The van der Waals surface area contributed by atoms with Crippen LogP contribution in [0.5, 0.6) is 11.5 Å². The van der Waals surface area contributed by atoms with Crippen LogP contribution in [0.2, 0.25) is 0 Å². The second kappa shape index (κ2) is 11.1. The number of anilines is 1. The Morgan fingerprint density at radius 2 is 1.87 bits per heavy atom. The van der Waals surface area contributed by atoms with Crippen molar-refractivity contribution in [2.75, 3.05) is 24.3 Å². The molecule has 0 atom stereocenters. The third-order valence-corrected chi connectivity index (χ3v) is 7.79. The first-order valence-electron chi connectivity index (χ1n) is 12.0. The number of fused-ring (bicyclic) bond motifs is 1. The molecule has 1 aromatic carbocycles. The molecule has 12 heteroatoms. The van der Waals surface area contributed by atoms with Gasteiger partial charge in [-0.1, -0.05) is 6.07 Å². The van der Waals surface area contributed by atoms with Gasteiger partial charge in [0.25, 0.3) is 0 Å². The van der Waals surface area contributed by atoms with Gasteiger partial charge >= 0.3 is 6.09 Å². The number of benzene rings is 1. The highest BCUT2D eigenvalue weighted by Crippen LogP contribution is 2.39. The number of nitrogen functional groups attached to an aromatic ring is 1. The molecule has 0 aliphatic heterocycles. The molecular weight excluding hydrogens is 543 g/mol. The number of halogens is 1. The lowest BCUT2D eigenvalue weighted by atomic mass is 10.1. The quantitative estimate of drug-likeness (QED) is 0.269. The number of nitrogens with two attached hydrogens (primary N) is 1. The van der Waals surface area contributed by atoms with Crippen LogP contribution in [0.1, 0.15) is 26.3 Å². The molecule has 0 bridgehead atoms. The van der Waals surface area contributed by atoms with Crippen LogP contribution in [-0.2, 0) is 21.2 Å². The van der Waals surface area contributed by atoms with Crippen LogP contribution < -0.4 is 10.5 Å². The van der Waals surface area contributed by atoms with E-state index in [1.54, 1.807) is 36.7 Å². The molecule has 9 nitrogen and oxygen atoms in total. The zero-order valence-electron chi connectivity index (χ0n) is 22.0. The minimum absolute atomic E-state index is 0.0172. The van der Waals surface area contributed by atoms with Crippen molar-refractivity contribution in [1.29, 1.82) is 0 Å². The average molecular weight is 573 g/mol. The zero-order chi connectivity index (χ0) is 28.4. The molecule has 2 N–H and O–H groups in total. The monoisotopic (exact) mass is 572 g/mol. The van der Waals surface area contributed by atoms with E-state index in [2.05, 4.69) is 9.97 Å². The van der Waals surface area contributed by atoms with E-state index in [1.807, 2.05) is 26.8 Å². The number of carbonyl (C=O) groups excluding carboxylic acids is 1. The van der Waals surface area contributed by atoms with Gasteiger partial charge in [0.15, 0.2) is 11.6 Å². The van der Waals surface area contributed by atoms with Crippen molar-refractivity contribution in [3.63, 3.8) is 0 Å². The zero-order valence-corrected chi connectivity index (χ0v) is 23.6. The number of pyridine rings is 2. The molecule has 0 aliphatic carbocycles. The van der Waals surface area contributed by atoms with Crippen molar-refractivity contribution in [3.8, 4) is 22.1 Å². The fraction of sp³-hybridized carbons (Fsp3) is 0.296. The Bertz CT molecular complexity index is 1600. The lowest BCUT2D eigenvalue weighted by Crippen LogP contribution is -2.47. The molecule has 4 rings (SSSR count). The largest absolute Gasteiger partial charge is 0.453 e. The number of hydrogen-bond donors (Lipinski definition) is 1. The van der Waals surface area contributed by atoms with E-state index in [-0.39, 0.29) is 24.7 Å². The van der Waals surface area contributed by atoms with Gasteiger partial charge in [0, 0.05) is 54.1 Å². The number of sulfone groups is 1. The van der Waals surface area contributed by atoms with Gasteiger partial charge in [0.2, 0.25) is 0 Å².